The van der Waals surface area contributed by atoms with Gasteiger partial charge in [0, 0.05) is 30.4 Å². The number of aliphatic imine (C=N–C) groups is 1. The molecule has 0 aliphatic rings. The number of hydrogen-bond donors (Lipinski definition) is 2. The number of nitrogens with zero attached hydrogens (tertiary/aromatic N) is 4. The zero-order chi connectivity index (χ0) is 19.1. The minimum absolute atomic E-state index is 0.658. The summed E-state index contributed by atoms with van der Waals surface area (Å²) >= 11 is 1.71. The molecule has 0 bridgehead atoms. The number of thiazole rings is 1. The summed E-state index contributed by atoms with van der Waals surface area (Å²) in [4.78, 5) is 10.4. The molecule has 2 aromatic heterocycles. The Hall–Kier alpha value is -2.67. The summed E-state index contributed by atoms with van der Waals surface area (Å²) in [5.74, 6) is 0.844. The highest BCUT2D eigenvalue weighted by atomic mass is 32.1. The maximum absolute atomic E-state index is 4.69. The average Bonchev–Trinajstić information content (AvgIpc) is 3.30. The number of nitrogens with one attached hydrogen (secondary N) is 2. The number of guanidine groups is 1. The number of aromatic nitrogens is 3. The van der Waals surface area contributed by atoms with Crippen molar-refractivity contribution in [1.29, 1.82) is 0 Å². The molecule has 0 atom stereocenters. The number of aryl methyl sites for hydroxylation is 2. The second-order valence-corrected chi connectivity index (χ2v) is 7.52. The number of rotatable bonds is 7. The maximum Gasteiger partial charge on any atom is 0.191 e. The molecule has 2 heterocycles. The van der Waals surface area contributed by atoms with Gasteiger partial charge in [-0.2, -0.15) is 5.10 Å². The van der Waals surface area contributed by atoms with Crippen LogP contribution < -0.4 is 10.6 Å². The highest BCUT2D eigenvalue weighted by Crippen LogP contribution is 2.17. The molecule has 0 amide bonds. The number of benzene rings is 1. The Bertz CT molecular complexity index is 865. The van der Waals surface area contributed by atoms with Gasteiger partial charge in [0.1, 0.15) is 0 Å². The van der Waals surface area contributed by atoms with Gasteiger partial charge in [0.15, 0.2) is 5.96 Å². The van der Waals surface area contributed by atoms with Gasteiger partial charge in [0.05, 0.1) is 22.9 Å². The van der Waals surface area contributed by atoms with E-state index in [0.717, 1.165) is 41.9 Å². The lowest BCUT2D eigenvalue weighted by Gasteiger charge is -2.11. The van der Waals surface area contributed by atoms with Crippen molar-refractivity contribution in [1.82, 2.24) is 25.4 Å². The van der Waals surface area contributed by atoms with E-state index in [4.69, 9.17) is 4.99 Å². The van der Waals surface area contributed by atoms with Crippen LogP contribution in [0.1, 0.15) is 28.1 Å². The maximum atomic E-state index is 4.69. The molecule has 0 aliphatic carbocycles. The van der Waals surface area contributed by atoms with Crippen molar-refractivity contribution < 1.29 is 0 Å². The van der Waals surface area contributed by atoms with Gasteiger partial charge < -0.3 is 10.6 Å². The van der Waals surface area contributed by atoms with Crippen molar-refractivity contribution >= 4 is 17.3 Å². The second kappa shape index (κ2) is 9.32. The molecule has 0 unspecified atom stereocenters. The Morgan fingerprint density at radius 3 is 2.63 bits per heavy atom. The van der Waals surface area contributed by atoms with Gasteiger partial charge in [-0.1, -0.05) is 12.1 Å². The highest BCUT2D eigenvalue weighted by molar-refractivity contribution is 7.11. The fourth-order valence-corrected chi connectivity index (χ4v) is 3.64. The van der Waals surface area contributed by atoms with Crippen molar-refractivity contribution in [2.75, 3.05) is 13.1 Å². The van der Waals surface area contributed by atoms with Crippen LogP contribution in [0.15, 0.2) is 47.7 Å². The van der Waals surface area contributed by atoms with Crippen LogP contribution in [0.25, 0.3) is 5.69 Å². The molecule has 6 nitrogen and oxygen atoms in total. The summed E-state index contributed by atoms with van der Waals surface area (Å²) in [7, 11) is 0. The van der Waals surface area contributed by atoms with Gasteiger partial charge in [-0.15, -0.1) is 11.3 Å². The molecule has 0 radical (unpaired) electrons. The minimum Gasteiger partial charge on any atom is -0.357 e. The molecule has 27 heavy (non-hydrogen) atoms. The molecule has 1 aromatic carbocycles. The van der Waals surface area contributed by atoms with Gasteiger partial charge in [-0.3, -0.25) is 0 Å². The zero-order valence-electron chi connectivity index (χ0n) is 16.1. The van der Waals surface area contributed by atoms with Crippen molar-refractivity contribution in [2.24, 2.45) is 4.99 Å². The summed E-state index contributed by atoms with van der Waals surface area (Å²) in [5.41, 5.74) is 3.43. The summed E-state index contributed by atoms with van der Waals surface area (Å²) < 4.78 is 1.86. The lowest BCUT2D eigenvalue weighted by molar-refractivity contribution is 0.799. The Labute approximate surface area is 164 Å². The fourth-order valence-electron chi connectivity index (χ4n) is 2.77. The first-order chi connectivity index (χ1) is 13.2. The van der Waals surface area contributed by atoms with Crippen LogP contribution in [0.4, 0.5) is 0 Å². The molecule has 0 aliphatic heterocycles. The molecule has 2 N–H and O–H groups in total. The summed E-state index contributed by atoms with van der Waals surface area (Å²) in [5, 5.41) is 12.1. The number of hydrogen-bond acceptors (Lipinski definition) is 4. The highest BCUT2D eigenvalue weighted by Gasteiger charge is 2.05. The van der Waals surface area contributed by atoms with Crippen LogP contribution in [-0.2, 0) is 13.0 Å². The van der Waals surface area contributed by atoms with Crippen LogP contribution in [-0.4, -0.2) is 33.8 Å². The van der Waals surface area contributed by atoms with Crippen LogP contribution in [0.5, 0.6) is 0 Å². The minimum atomic E-state index is 0.658. The first kappa shape index (κ1) is 19.1. The largest absolute Gasteiger partial charge is 0.357 e. The molecule has 142 valence electrons. The first-order valence-electron chi connectivity index (χ1n) is 9.19. The molecule has 3 aromatic rings. The first-order valence-corrected chi connectivity index (χ1v) is 10.0. The topological polar surface area (TPSA) is 67.1 Å². The van der Waals surface area contributed by atoms with E-state index in [2.05, 4.69) is 51.9 Å². The Morgan fingerprint density at radius 1 is 1.19 bits per heavy atom. The summed E-state index contributed by atoms with van der Waals surface area (Å²) in [6.07, 6.45) is 4.67. The van der Waals surface area contributed by atoms with E-state index in [0.29, 0.717) is 6.54 Å². The third-order valence-electron chi connectivity index (χ3n) is 4.14. The van der Waals surface area contributed by atoms with Crippen molar-refractivity contribution in [3.05, 3.63) is 63.9 Å². The van der Waals surface area contributed by atoms with Crippen LogP contribution >= 0.6 is 11.3 Å². The lowest BCUT2D eigenvalue weighted by Crippen LogP contribution is -2.38. The monoisotopic (exact) mass is 382 g/mol. The van der Waals surface area contributed by atoms with Crippen LogP contribution in [0.3, 0.4) is 0 Å². The predicted octanol–water partition coefficient (Wildman–Crippen LogP) is 3.24. The SMILES string of the molecule is CCNC(=NCc1sc(C)nc1C)NCCc1ccc(-n2cccn2)cc1. The second-order valence-electron chi connectivity index (χ2n) is 6.23. The molecule has 3 rings (SSSR count). The van der Waals surface area contributed by atoms with Crippen molar-refractivity contribution in [3.63, 3.8) is 0 Å². The van der Waals surface area contributed by atoms with E-state index >= 15 is 0 Å². The average molecular weight is 383 g/mol. The Balaban J connectivity index is 1.53. The lowest BCUT2D eigenvalue weighted by atomic mass is 10.1. The zero-order valence-corrected chi connectivity index (χ0v) is 16.9. The summed E-state index contributed by atoms with van der Waals surface area (Å²) in [6, 6.07) is 10.4. The van der Waals surface area contributed by atoms with Gasteiger partial charge in [0.25, 0.3) is 0 Å². The van der Waals surface area contributed by atoms with Crippen molar-refractivity contribution in [3.8, 4) is 5.69 Å². The van der Waals surface area contributed by atoms with Crippen molar-refractivity contribution in [2.45, 2.75) is 33.7 Å². The molecule has 7 heteroatoms. The summed E-state index contributed by atoms with van der Waals surface area (Å²) in [6.45, 7) is 8.48. The normalized spacial score (nSPS) is 11.6. The predicted molar refractivity (Wildman–Crippen MR) is 112 cm³/mol. The smallest absolute Gasteiger partial charge is 0.191 e. The van der Waals surface area contributed by atoms with Gasteiger partial charge in [0.2, 0.25) is 0 Å². The van der Waals surface area contributed by atoms with Crippen LogP contribution in [0, 0.1) is 13.8 Å². The van der Waals surface area contributed by atoms with E-state index in [-0.39, 0.29) is 0 Å². The van der Waals surface area contributed by atoms with E-state index in [1.807, 2.05) is 30.8 Å². The van der Waals surface area contributed by atoms with Gasteiger partial charge in [-0.25, -0.2) is 14.7 Å². The van der Waals surface area contributed by atoms with E-state index in [9.17, 15) is 0 Å². The Kier molecular flexibility index (Phi) is 6.59. The molecule has 0 fully saturated rings. The quantitative estimate of drug-likeness (QED) is 0.486. The standard InChI is InChI=1S/C20H26N6S/c1-4-21-20(23-14-19-15(2)25-16(3)27-19)22-12-10-17-6-8-18(9-7-17)26-13-5-11-24-26/h5-9,11,13H,4,10,12,14H2,1-3H3,(H2,21,22,23). The van der Waals surface area contributed by atoms with Crippen LogP contribution in [0.2, 0.25) is 0 Å². The molecule has 0 saturated heterocycles. The Morgan fingerprint density at radius 2 is 2.00 bits per heavy atom. The van der Waals surface area contributed by atoms with E-state index in [1.165, 1.54) is 10.4 Å². The van der Waals surface area contributed by atoms with Gasteiger partial charge in [-0.05, 0) is 51.0 Å². The molecule has 0 spiro atoms. The third kappa shape index (κ3) is 5.40. The molecule has 0 saturated carbocycles. The van der Waals surface area contributed by atoms with Gasteiger partial charge >= 0.3 is 0 Å². The van der Waals surface area contributed by atoms with E-state index < -0.39 is 0 Å². The molecular formula is C20H26N6S. The third-order valence-corrected chi connectivity index (χ3v) is 5.19. The van der Waals surface area contributed by atoms with E-state index in [1.54, 1.807) is 17.5 Å². The molecular weight excluding hydrogens is 356 g/mol. The fraction of sp³-hybridized carbons (Fsp3) is 0.350.